The van der Waals surface area contributed by atoms with E-state index in [-0.39, 0.29) is 0 Å². The predicted octanol–water partition coefficient (Wildman–Crippen LogP) is 1.43. The molecule has 1 rings (SSSR count). The van der Waals surface area contributed by atoms with E-state index in [0.29, 0.717) is 0 Å². The topological polar surface area (TPSA) is 67.5 Å². The molecule has 0 aliphatic carbocycles. The van der Waals surface area contributed by atoms with Crippen molar-refractivity contribution in [3.63, 3.8) is 0 Å². The molecule has 0 atom stereocenters. The van der Waals surface area contributed by atoms with Crippen molar-refractivity contribution in [2.75, 3.05) is 0 Å². The molecule has 1 aromatic heterocycles. The molecule has 0 aromatic carbocycles. The molecule has 0 unspecified atom stereocenters. The zero-order valence-corrected chi connectivity index (χ0v) is 6.16. The number of carbonyl (C=O) groups is 2. The molecule has 0 bridgehead atoms. The number of Topliss-reactive ketones (excluding diaryl/α,β-unsaturated/α-hetero) is 1. The number of halogens is 2. The van der Waals surface area contributed by atoms with E-state index in [1.165, 1.54) is 0 Å². The molecular weight excluding hydrogens is 186 g/mol. The van der Waals surface area contributed by atoms with E-state index < -0.39 is 29.7 Å². The lowest BCUT2D eigenvalue weighted by Crippen LogP contribution is -2.08. The van der Waals surface area contributed by atoms with Crippen molar-refractivity contribution in [2.45, 2.75) is 6.43 Å². The van der Waals surface area contributed by atoms with Gasteiger partial charge in [-0.05, 0) is 12.1 Å². The summed E-state index contributed by atoms with van der Waals surface area (Å²) < 4.78 is 27.9. The summed E-state index contributed by atoms with van der Waals surface area (Å²) >= 11 is 0. The van der Waals surface area contributed by atoms with E-state index in [1.54, 1.807) is 0 Å². The Balaban J connectivity index is 2.92. The van der Waals surface area contributed by atoms with Gasteiger partial charge in [0.15, 0.2) is 5.76 Å². The van der Waals surface area contributed by atoms with Crippen LogP contribution in [-0.4, -0.2) is 23.3 Å². The SMILES string of the molecule is O=C(O)c1ccc(C(=O)C(F)F)o1. The van der Waals surface area contributed by atoms with Crippen LogP contribution in [0, 0.1) is 0 Å². The molecule has 0 radical (unpaired) electrons. The summed E-state index contributed by atoms with van der Waals surface area (Å²) in [6.07, 6.45) is -3.19. The van der Waals surface area contributed by atoms with Crippen LogP contribution in [-0.2, 0) is 0 Å². The Morgan fingerprint density at radius 1 is 1.31 bits per heavy atom. The zero-order valence-electron chi connectivity index (χ0n) is 6.16. The van der Waals surface area contributed by atoms with E-state index in [0.717, 1.165) is 12.1 Å². The molecule has 1 N–H and O–H groups in total. The third kappa shape index (κ3) is 1.90. The number of hydrogen-bond acceptors (Lipinski definition) is 3. The Labute approximate surface area is 70.8 Å². The highest BCUT2D eigenvalue weighted by Gasteiger charge is 2.22. The zero-order chi connectivity index (χ0) is 10.0. The third-order valence-corrected chi connectivity index (χ3v) is 1.26. The normalized spacial score (nSPS) is 10.4. The van der Waals surface area contributed by atoms with Gasteiger partial charge in [-0.3, -0.25) is 4.79 Å². The van der Waals surface area contributed by atoms with Gasteiger partial charge in [-0.1, -0.05) is 0 Å². The molecule has 0 fully saturated rings. The van der Waals surface area contributed by atoms with Crippen LogP contribution in [0.1, 0.15) is 21.1 Å². The average molecular weight is 190 g/mol. The van der Waals surface area contributed by atoms with Crippen molar-refractivity contribution < 1.29 is 27.9 Å². The van der Waals surface area contributed by atoms with Crippen LogP contribution in [0.15, 0.2) is 16.5 Å². The number of rotatable bonds is 3. The van der Waals surface area contributed by atoms with Gasteiger partial charge in [0.05, 0.1) is 0 Å². The van der Waals surface area contributed by atoms with Crippen LogP contribution >= 0.6 is 0 Å². The van der Waals surface area contributed by atoms with Gasteiger partial charge < -0.3 is 9.52 Å². The highest BCUT2D eigenvalue weighted by molar-refractivity contribution is 5.97. The van der Waals surface area contributed by atoms with Gasteiger partial charge in [-0.15, -0.1) is 0 Å². The second-order valence-corrected chi connectivity index (χ2v) is 2.13. The molecule has 13 heavy (non-hydrogen) atoms. The van der Waals surface area contributed by atoms with E-state index in [2.05, 4.69) is 4.42 Å². The summed E-state index contributed by atoms with van der Waals surface area (Å²) in [5.41, 5.74) is 0. The van der Waals surface area contributed by atoms with Gasteiger partial charge in [0, 0.05) is 0 Å². The monoisotopic (exact) mass is 190 g/mol. The Morgan fingerprint density at radius 3 is 2.23 bits per heavy atom. The van der Waals surface area contributed by atoms with Crippen molar-refractivity contribution in [1.82, 2.24) is 0 Å². The van der Waals surface area contributed by atoms with Crippen LogP contribution in [0.4, 0.5) is 8.78 Å². The Morgan fingerprint density at radius 2 is 1.85 bits per heavy atom. The first-order chi connectivity index (χ1) is 6.02. The second-order valence-electron chi connectivity index (χ2n) is 2.13. The fraction of sp³-hybridized carbons (Fsp3) is 0.143. The summed E-state index contributed by atoms with van der Waals surface area (Å²) in [5, 5.41) is 8.33. The molecule has 0 aliphatic rings. The maximum Gasteiger partial charge on any atom is 0.371 e. The number of furan rings is 1. The van der Waals surface area contributed by atoms with Crippen LogP contribution < -0.4 is 0 Å². The summed E-state index contributed by atoms with van der Waals surface area (Å²) in [7, 11) is 0. The lowest BCUT2D eigenvalue weighted by atomic mass is 10.3. The van der Waals surface area contributed by atoms with Gasteiger partial charge in [-0.25, -0.2) is 13.6 Å². The molecule has 6 heteroatoms. The van der Waals surface area contributed by atoms with Crippen molar-refractivity contribution in [3.05, 3.63) is 23.7 Å². The molecule has 0 saturated carbocycles. The number of carbonyl (C=O) groups excluding carboxylic acids is 1. The fourth-order valence-corrected chi connectivity index (χ4v) is 0.693. The number of hydrogen-bond donors (Lipinski definition) is 1. The van der Waals surface area contributed by atoms with Crippen LogP contribution in [0.3, 0.4) is 0 Å². The quantitative estimate of drug-likeness (QED) is 0.732. The lowest BCUT2D eigenvalue weighted by Gasteiger charge is -1.92. The van der Waals surface area contributed by atoms with E-state index in [9.17, 15) is 18.4 Å². The van der Waals surface area contributed by atoms with E-state index in [4.69, 9.17) is 5.11 Å². The number of ketones is 1. The van der Waals surface area contributed by atoms with Crippen LogP contribution in [0.25, 0.3) is 0 Å². The first-order valence-corrected chi connectivity index (χ1v) is 3.18. The number of carboxylic acids is 1. The van der Waals surface area contributed by atoms with Crippen molar-refractivity contribution >= 4 is 11.8 Å². The third-order valence-electron chi connectivity index (χ3n) is 1.26. The minimum absolute atomic E-state index is 0.538. The van der Waals surface area contributed by atoms with Crippen LogP contribution in [0.2, 0.25) is 0 Å². The highest BCUT2D eigenvalue weighted by atomic mass is 19.3. The molecule has 4 nitrogen and oxygen atoms in total. The smallest absolute Gasteiger partial charge is 0.371 e. The largest absolute Gasteiger partial charge is 0.475 e. The van der Waals surface area contributed by atoms with Crippen molar-refractivity contribution in [2.24, 2.45) is 0 Å². The maximum absolute atomic E-state index is 11.8. The van der Waals surface area contributed by atoms with Crippen LogP contribution in [0.5, 0.6) is 0 Å². The second kappa shape index (κ2) is 3.34. The summed E-state index contributed by atoms with van der Waals surface area (Å²) in [6.45, 7) is 0. The van der Waals surface area contributed by atoms with Gasteiger partial charge >= 0.3 is 12.4 Å². The lowest BCUT2D eigenvalue weighted by molar-refractivity contribution is 0.0621. The molecule has 0 spiro atoms. The standard InChI is InChI=1S/C7H4F2O4/c8-6(9)5(10)3-1-2-4(13-3)7(11)12/h1-2,6H,(H,11,12). The minimum atomic E-state index is -3.19. The number of alkyl halides is 2. The summed E-state index contributed by atoms with van der Waals surface area (Å²) in [4.78, 5) is 20.8. The Hall–Kier alpha value is -1.72. The molecule has 1 aromatic rings. The van der Waals surface area contributed by atoms with Gasteiger partial charge in [0.25, 0.3) is 5.78 Å². The van der Waals surface area contributed by atoms with Crippen molar-refractivity contribution in [3.8, 4) is 0 Å². The molecule has 1 heterocycles. The molecule has 0 aliphatic heterocycles. The first kappa shape index (κ1) is 9.37. The molecule has 70 valence electrons. The average Bonchev–Trinajstić information content (AvgIpc) is 2.50. The first-order valence-electron chi connectivity index (χ1n) is 3.18. The maximum atomic E-state index is 11.8. The minimum Gasteiger partial charge on any atom is -0.475 e. The number of carboxylic acid groups (broad SMARTS) is 1. The number of aromatic carboxylic acids is 1. The fourth-order valence-electron chi connectivity index (χ4n) is 0.693. The van der Waals surface area contributed by atoms with Gasteiger partial charge in [-0.2, -0.15) is 0 Å². The summed E-state index contributed by atoms with van der Waals surface area (Å²) in [6, 6.07) is 1.84. The van der Waals surface area contributed by atoms with Gasteiger partial charge in [0.2, 0.25) is 5.76 Å². The molecule has 0 saturated heterocycles. The van der Waals surface area contributed by atoms with E-state index >= 15 is 0 Å². The van der Waals surface area contributed by atoms with E-state index in [1.807, 2.05) is 0 Å². The Kier molecular flexibility index (Phi) is 2.41. The summed E-state index contributed by atoms with van der Waals surface area (Å²) in [5.74, 6) is -4.11. The van der Waals surface area contributed by atoms with Gasteiger partial charge in [0.1, 0.15) is 0 Å². The Bertz CT molecular complexity index is 342. The highest BCUT2D eigenvalue weighted by Crippen LogP contribution is 2.12. The predicted molar refractivity (Wildman–Crippen MR) is 36.0 cm³/mol. The molecule has 0 amide bonds. The molecular formula is C7H4F2O4. The van der Waals surface area contributed by atoms with Crippen molar-refractivity contribution in [1.29, 1.82) is 0 Å².